The van der Waals surface area contributed by atoms with E-state index in [9.17, 15) is 4.79 Å². The highest BCUT2D eigenvalue weighted by molar-refractivity contribution is 5.99. The number of nitrogens with one attached hydrogen (secondary N) is 2. The highest BCUT2D eigenvalue weighted by atomic mass is 16.2. The molecule has 2 N–H and O–H groups in total. The fourth-order valence-corrected chi connectivity index (χ4v) is 3.63. The van der Waals surface area contributed by atoms with Crippen LogP contribution in [0, 0.1) is 12.8 Å². The van der Waals surface area contributed by atoms with E-state index in [0.29, 0.717) is 0 Å². The summed E-state index contributed by atoms with van der Waals surface area (Å²) >= 11 is 0. The number of hydrogen-bond donors (Lipinski definition) is 2. The van der Waals surface area contributed by atoms with Crippen LogP contribution in [0.25, 0.3) is 11.3 Å². The van der Waals surface area contributed by atoms with Crippen molar-refractivity contribution in [1.82, 2.24) is 10.2 Å². The summed E-state index contributed by atoms with van der Waals surface area (Å²) in [5.74, 6) is 1.73. The molecule has 30 heavy (non-hydrogen) atoms. The van der Waals surface area contributed by atoms with E-state index < -0.39 is 0 Å². The van der Waals surface area contributed by atoms with Gasteiger partial charge in [0.25, 0.3) is 0 Å². The Morgan fingerprint density at radius 3 is 2.33 bits per heavy atom. The van der Waals surface area contributed by atoms with Crippen LogP contribution in [0.5, 0.6) is 0 Å². The first-order valence-electron chi connectivity index (χ1n) is 10.4. The van der Waals surface area contributed by atoms with Crippen molar-refractivity contribution in [2.75, 3.05) is 28.6 Å². The first-order chi connectivity index (χ1) is 14.6. The Hall–Kier alpha value is -3.41. The van der Waals surface area contributed by atoms with Gasteiger partial charge in [-0.3, -0.25) is 0 Å². The monoisotopic (exact) mass is 401 g/mol. The van der Waals surface area contributed by atoms with Crippen LogP contribution in [-0.2, 0) is 0 Å². The zero-order valence-electron chi connectivity index (χ0n) is 17.4. The standard InChI is InChI=1S/C24H27N5O/c1-17-12-14-29(15-13-17)23-11-10-22(27-28-23)19-6-8-20(9-7-19)25-24(30)26-21-5-3-4-18(2)16-21/h3-11,16-17H,12-15H2,1-2H3,(H2,25,26,30). The van der Waals surface area contributed by atoms with Crippen molar-refractivity contribution < 1.29 is 4.79 Å². The minimum absolute atomic E-state index is 0.270. The van der Waals surface area contributed by atoms with E-state index in [-0.39, 0.29) is 6.03 Å². The van der Waals surface area contributed by atoms with Gasteiger partial charge in [0.1, 0.15) is 0 Å². The first kappa shape index (κ1) is 19.9. The molecule has 6 nitrogen and oxygen atoms in total. The number of nitrogens with zero attached hydrogens (tertiary/aromatic N) is 3. The SMILES string of the molecule is Cc1cccc(NC(=O)Nc2ccc(-c3ccc(N4CCC(C)CC4)nn3)cc2)c1. The summed E-state index contributed by atoms with van der Waals surface area (Å²) in [5, 5.41) is 14.5. The maximum atomic E-state index is 12.2. The van der Waals surface area contributed by atoms with Gasteiger partial charge < -0.3 is 15.5 Å². The molecule has 0 unspecified atom stereocenters. The second kappa shape index (κ2) is 8.95. The van der Waals surface area contributed by atoms with Gasteiger partial charge in [0, 0.05) is 30.0 Å². The maximum absolute atomic E-state index is 12.2. The average molecular weight is 402 g/mol. The molecule has 1 fully saturated rings. The number of amides is 2. The van der Waals surface area contributed by atoms with E-state index in [1.807, 2.05) is 67.6 Å². The Kier molecular flexibility index (Phi) is 5.93. The van der Waals surface area contributed by atoms with Crippen molar-refractivity contribution in [3.63, 3.8) is 0 Å². The maximum Gasteiger partial charge on any atom is 0.323 e. The molecule has 1 saturated heterocycles. The number of aromatic nitrogens is 2. The van der Waals surface area contributed by atoms with E-state index in [1.54, 1.807) is 0 Å². The lowest BCUT2D eigenvalue weighted by Gasteiger charge is -2.30. The lowest BCUT2D eigenvalue weighted by atomic mass is 9.99. The van der Waals surface area contributed by atoms with Gasteiger partial charge in [-0.25, -0.2) is 4.79 Å². The Morgan fingerprint density at radius 1 is 0.933 bits per heavy atom. The van der Waals surface area contributed by atoms with Crippen molar-refractivity contribution >= 4 is 23.2 Å². The molecular weight excluding hydrogens is 374 g/mol. The quantitative estimate of drug-likeness (QED) is 0.620. The summed E-state index contributed by atoms with van der Waals surface area (Å²) in [6, 6.07) is 19.1. The molecule has 0 atom stereocenters. The molecule has 0 radical (unpaired) electrons. The van der Waals surface area contributed by atoms with Crippen LogP contribution in [0.4, 0.5) is 22.0 Å². The van der Waals surface area contributed by atoms with Crippen LogP contribution in [-0.4, -0.2) is 29.3 Å². The van der Waals surface area contributed by atoms with E-state index in [0.717, 1.165) is 53.0 Å². The van der Waals surface area contributed by atoms with Gasteiger partial charge in [-0.1, -0.05) is 31.2 Å². The molecule has 2 aromatic carbocycles. The predicted octanol–water partition coefficient (Wildman–Crippen LogP) is 5.33. The highest BCUT2D eigenvalue weighted by Gasteiger charge is 2.17. The van der Waals surface area contributed by atoms with Gasteiger partial charge in [-0.15, -0.1) is 10.2 Å². The van der Waals surface area contributed by atoms with Crippen LogP contribution in [0.2, 0.25) is 0 Å². The van der Waals surface area contributed by atoms with Gasteiger partial charge in [0.15, 0.2) is 5.82 Å². The number of urea groups is 1. The number of aryl methyl sites for hydroxylation is 1. The van der Waals surface area contributed by atoms with Crippen LogP contribution in [0.3, 0.4) is 0 Å². The van der Waals surface area contributed by atoms with Crippen LogP contribution < -0.4 is 15.5 Å². The fourth-order valence-electron chi connectivity index (χ4n) is 3.63. The Morgan fingerprint density at radius 2 is 1.67 bits per heavy atom. The van der Waals surface area contributed by atoms with E-state index in [2.05, 4.69) is 32.7 Å². The topological polar surface area (TPSA) is 70.2 Å². The van der Waals surface area contributed by atoms with E-state index in [4.69, 9.17) is 0 Å². The third-order valence-electron chi connectivity index (χ3n) is 5.47. The normalized spacial score (nSPS) is 14.4. The predicted molar refractivity (Wildman–Crippen MR) is 122 cm³/mol. The Balaban J connectivity index is 1.36. The molecule has 0 aliphatic carbocycles. The van der Waals surface area contributed by atoms with Gasteiger partial charge >= 0.3 is 6.03 Å². The van der Waals surface area contributed by atoms with Crippen molar-refractivity contribution in [2.24, 2.45) is 5.92 Å². The number of benzene rings is 2. The molecule has 0 saturated carbocycles. The van der Waals surface area contributed by atoms with Crippen LogP contribution in [0.1, 0.15) is 25.3 Å². The number of carbonyl (C=O) groups is 1. The second-order valence-corrected chi connectivity index (χ2v) is 7.97. The summed E-state index contributed by atoms with van der Waals surface area (Å²) in [5.41, 5.74) is 4.36. The third-order valence-corrected chi connectivity index (χ3v) is 5.47. The molecule has 6 heteroatoms. The molecule has 2 heterocycles. The summed E-state index contributed by atoms with van der Waals surface area (Å²) in [6.45, 7) is 6.38. The van der Waals surface area contributed by atoms with Gasteiger partial charge in [-0.05, 0) is 67.6 Å². The average Bonchev–Trinajstić information content (AvgIpc) is 2.75. The van der Waals surface area contributed by atoms with Gasteiger partial charge in [0.2, 0.25) is 0 Å². The third kappa shape index (κ3) is 4.95. The first-order valence-corrected chi connectivity index (χ1v) is 10.4. The summed E-state index contributed by atoms with van der Waals surface area (Å²) in [4.78, 5) is 14.5. The molecule has 2 amide bonds. The molecule has 1 aliphatic heterocycles. The lowest BCUT2D eigenvalue weighted by Crippen LogP contribution is -2.33. The minimum atomic E-state index is -0.270. The molecule has 1 aliphatic rings. The number of carbonyl (C=O) groups excluding carboxylic acids is 1. The number of piperidine rings is 1. The number of rotatable bonds is 4. The highest BCUT2D eigenvalue weighted by Crippen LogP contribution is 2.24. The minimum Gasteiger partial charge on any atom is -0.355 e. The molecule has 3 aromatic rings. The van der Waals surface area contributed by atoms with Gasteiger partial charge in [0.05, 0.1) is 5.69 Å². The van der Waals surface area contributed by atoms with E-state index in [1.165, 1.54) is 12.8 Å². The molecule has 0 bridgehead atoms. The molecule has 1 aromatic heterocycles. The fraction of sp³-hybridized carbons (Fsp3) is 0.292. The zero-order chi connectivity index (χ0) is 20.9. The second-order valence-electron chi connectivity index (χ2n) is 7.97. The van der Waals surface area contributed by atoms with Crippen molar-refractivity contribution in [1.29, 1.82) is 0 Å². The van der Waals surface area contributed by atoms with Crippen molar-refractivity contribution in [3.8, 4) is 11.3 Å². The molecule has 4 rings (SSSR count). The summed E-state index contributed by atoms with van der Waals surface area (Å²) in [6.07, 6.45) is 2.41. The molecular formula is C24H27N5O. The van der Waals surface area contributed by atoms with Gasteiger partial charge in [-0.2, -0.15) is 0 Å². The van der Waals surface area contributed by atoms with Crippen LogP contribution >= 0.6 is 0 Å². The van der Waals surface area contributed by atoms with E-state index >= 15 is 0 Å². The van der Waals surface area contributed by atoms with Crippen molar-refractivity contribution in [3.05, 3.63) is 66.2 Å². The van der Waals surface area contributed by atoms with Crippen LogP contribution in [0.15, 0.2) is 60.7 Å². The smallest absolute Gasteiger partial charge is 0.323 e. The molecule has 0 spiro atoms. The summed E-state index contributed by atoms with van der Waals surface area (Å²) in [7, 11) is 0. The Bertz CT molecular complexity index is 993. The lowest BCUT2D eigenvalue weighted by molar-refractivity contribution is 0.262. The number of hydrogen-bond acceptors (Lipinski definition) is 4. The molecule has 154 valence electrons. The Labute approximate surface area is 177 Å². The largest absolute Gasteiger partial charge is 0.355 e. The zero-order valence-corrected chi connectivity index (χ0v) is 17.4. The summed E-state index contributed by atoms with van der Waals surface area (Å²) < 4.78 is 0. The van der Waals surface area contributed by atoms with Crippen molar-refractivity contribution in [2.45, 2.75) is 26.7 Å². The number of anilines is 3.